The summed E-state index contributed by atoms with van der Waals surface area (Å²) >= 11 is 0. The molecule has 0 spiro atoms. The van der Waals surface area contributed by atoms with E-state index < -0.39 is 6.09 Å². The van der Waals surface area contributed by atoms with Gasteiger partial charge in [-0.1, -0.05) is 0 Å². The summed E-state index contributed by atoms with van der Waals surface area (Å²) in [6.45, 7) is 1.98. The lowest BCUT2D eigenvalue weighted by molar-refractivity contribution is 0.117. The van der Waals surface area contributed by atoms with Crippen LogP contribution in [0.3, 0.4) is 0 Å². The number of hydrogen-bond acceptors (Lipinski definition) is 4. The van der Waals surface area contributed by atoms with Crippen LogP contribution in [0.1, 0.15) is 6.42 Å². The highest BCUT2D eigenvalue weighted by Crippen LogP contribution is 2.10. The van der Waals surface area contributed by atoms with Gasteiger partial charge in [-0.15, -0.1) is 0 Å². The lowest BCUT2D eigenvalue weighted by atomic mass is 10.1. The van der Waals surface area contributed by atoms with Crippen LogP contribution >= 0.6 is 0 Å². The van der Waals surface area contributed by atoms with Crippen LogP contribution in [0.25, 0.3) is 0 Å². The Labute approximate surface area is 77.0 Å². The molecule has 0 bridgehead atoms. The minimum absolute atomic E-state index is 0.0486. The SMILES string of the molecule is O=C(NCC1CCOC1)OCCO. The van der Waals surface area contributed by atoms with E-state index in [4.69, 9.17) is 9.84 Å². The maximum atomic E-state index is 10.9. The highest BCUT2D eigenvalue weighted by Gasteiger charge is 2.16. The first kappa shape index (κ1) is 10.3. The fourth-order valence-electron chi connectivity index (χ4n) is 1.16. The van der Waals surface area contributed by atoms with Crippen molar-refractivity contribution in [1.29, 1.82) is 0 Å². The van der Waals surface area contributed by atoms with Crippen molar-refractivity contribution in [2.75, 3.05) is 33.0 Å². The molecule has 1 aliphatic rings. The highest BCUT2D eigenvalue weighted by atomic mass is 16.6. The van der Waals surface area contributed by atoms with Crippen molar-refractivity contribution in [2.24, 2.45) is 5.92 Å². The van der Waals surface area contributed by atoms with Gasteiger partial charge in [0.1, 0.15) is 6.61 Å². The Morgan fingerprint density at radius 3 is 3.15 bits per heavy atom. The zero-order valence-electron chi connectivity index (χ0n) is 7.49. The summed E-state index contributed by atoms with van der Waals surface area (Å²) in [5.41, 5.74) is 0. The molecule has 1 amide bonds. The molecule has 76 valence electrons. The lowest BCUT2D eigenvalue weighted by Crippen LogP contribution is -2.30. The zero-order valence-corrected chi connectivity index (χ0v) is 7.49. The van der Waals surface area contributed by atoms with Crippen LogP contribution in [0.2, 0.25) is 0 Å². The number of aliphatic hydroxyl groups excluding tert-OH is 1. The molecule has 0 saturated carbocycles. The van der Waals surface area contributed by atoms with Crippen LogP contribution in [0.4, 0.5) is 4.79 Å². The number of rotatable bonds is 4. The maximum absolute atomic E-state index is 10.9. The third-order valence-electron chi connectivity index (χ3n) is 1.88. The number of carbonyl (C=O) groups is 1. The fraction of sp³-hybridized carbons (Fsp3) is 0.875. The first-order chi connectivity index (χ1) is 6.33. The van der Waals surface area contributed by atoms with E-state index in [0.717, 1.165) is 13.0 Å². The molecule has 1 aliphatic heterocycles. The average Bonchev–Trinajstić information content (AvgIpc) is 2.64. The molecule has 5 heteroatoms. The van der Waals surface area contributed by atoms with Crippen molar-refractivity contribution in [3.8, 4) is 0 Å². The number of nitrogens with one attached hydrogen (secondary N) is 1. The van der Waals surface area contributed by atoms with Gasteiger partial charge in [-0.3, -0.25) is 0 Å². The molecule has 1 heterocycles. The smallest absolute Gasteiger partial charge is 0.407 e. The topological polar surface area (TPSA) is 67.8 Å². The Kier molecular flexibility index (Phi) is 4.56. The van der Waals surface area contributed by atoms with E-state index in [1.54, 1.807) is 0 Å². The highest BCUT2D eigenvalue weighted by molar-refractivity contribution is 5.67. The molecule has 0 radical (unpaired) electrons. The third-order valence-corrected chi connectivity index (χ3v) is 1.88. The molecule has 0 aromatic rings. The second-order valence-corrected chi connectivity index (χ2v) is 2.97. The van der Waals surface area contributed by atoms with Gasteiger partial charge < -0.3 is 19.9 Å². The number of aliphatic hydroxyl groups is 1. The van der Waals surface area contributed by atoms with Crippen molar-refractivity contribution in [2.45, 2.75) is 6.42 Å². The summed E-state index contributed by atoms with van der Waals surface area (Å²) in [4.78, 5) is 10.9. The van der Waals surface area contributed by atoms with E-state index >= 15 is 0 Å². The van der Waals surface area contributed by atoms with Crippen LogP contribution in [0.5, 0.6) is 0 Å². The molecule has 1 saturated heterocycles. The number of carbonyl (C=O) groups excluding carboxylic acids is 1. The molecule has 13 heavy (non-hydrogen) atoms. The van der Waals surface area contributed by atoms with E-state index in [9.17, 15) is 4.79 Å². The van der Waals surface area contributed by atoms with Crippen LogP contribution in [-0.4, -0.2) is 44.2 Å². The predicted molar refractivity (Wildman–Crippen MR) is 45.4 cm³/mol. The van der Waals surface area contributed by atoms with E-state index in [1.165, 1.54) is 0 Å². The molecule has 5 nitrogen and oxygen atoms in total. The van der Waals surface area contributed by atoms with Gasteiger partial charge in [0.15, 0.2) is 0 Å². The Morgan fingerprint density at radius 1 is 1.69 bits per heavy atom. The van der Waals surface area contributed by atoms with Gasteiger partial charge in [-0.2, -0.15) is 0 Å². The minimum Gasteiger partial charge on any atom is -0.447 e. The summed E-state index contributed by atoms with van der Waals surface area (Å²) in [5.74, 6) is 0.404. The maximum Gasteiger partial charge on any atom is 0.407 e. The van der Waals surface area contributed by atoms with Gasteiger partial charge in [-0.25, -0.2) is 4.79 Å². The van der Waals surface area contributed by atoms with Crippen LogP contribution in [0.15, 0.2) is 0 Å². The molecular formula is C8H15NO4. The van der Waals surface area contributed by atoms with Crippen molar-refractivity contribution in [1.82, 2.24) is 5.32 Å². The van der Waals surface area contributed by atoms with Crippen LogP contribution in [-0.2, 0) is 9.47 Å². The Balaban J connectivity index is 2.00. The molecule has 1 unspecified atom stereocenters. The summed E-state index contributed by atoms with van der Waals surface area (Å²) in [7, 11) is 0. The molecule has 1 atom stereocenters. The number of amides is 1. The van der Waals surface area contributed by atoms with Crippen LogP contribution in [0, 0.1) is 5.92 Å². The van der Waals surface area contributed by atoms with Gasteiger partial charge in [0.05, 0.1) is 13.2 Å². The summed E-state index contributed by atoms with van der Waals surface area (Å²) < 4.78 is 9.75. The van der Waals surface area contributed by atoms with E-state index in [-0.39, 0.29) is 13.2 Å². The van der Waals surface area contributed by atoms with Gasteiger partial charge >= 0.3 is 6.09 Å². The number of hydrogen-bond donors (Lipinski definition) is 2. The molecule has 1 fully saturated rings. The van der Waals surface area contributed by atoms with Crippen molar-refractivity contribution < 1.29 is 19.4 Å². The first-order valence-electron chi connectivity index (χ1n) is 4.42. The largest absolute Gasteiger partial charge is 0.447 e. The van der Waals surface area contributed by atoms with Crippen LogP contribution < -0.4 is 5.32 Å². The van der Waals surface area contributed by atoms with E-state index in [1.807, 2.05) is 0 Å². The van der Waals surface area contributed by atoms with E-state index in [0.29, 0.717) is 19.1 Å². The Morgan fingerprint density at radius 2 is 2.54 bits per heavy atom. The Hall–Kier alpha value is -0.810. The standard InChI is InChI=1S/C8H15NO4/c10-2-4-13-8(11)9-5-7-1-3-12-6-7/h7,10H,1-6H2,(H,9,11). The second kappa shape index (κ2) is 5.77. The van der Waals surface area contributed by atoms with Gasteiger partial charge in [0.2, 0.25) is 0 Å². The predicted octanol–water partition coefficient (Wildman–Crippen LogP) is -0.259. The fourth-order valence-corrected chi connectivity index (χ4v) is 1.16. The summed E-state index contributed by atoms with van der Waals surface area (Å²) in [5, 5.41) is 11.0. The second-order valence-electron chi connectivity index (χ2n) is 2.97. The summed E-state index contributed by atoms with van der Waals surface area (Å²) in [6.07, 6.45) is 0.515. The number of alkyl carbamates (subject to hydrolysis) is 1. The Bertz CT molecular complexity index is 156. The van der Waals surface area contributed by atoms with Crippen molar-refractivity contribution in [3.05, 3.63) is 0 Å². The summed E-state index contributed by atoms with van der Waals surface area (Å²) in [6, 6.07) is 0. The van der Waals surface area contributed by atoms with Gasteiger partial charge in [0, 0.05) is 19.1 Å². The molecular weight excluding hydrogens is 174 g/mol. The molecule has 0 aromatic carbocycles. The molecule has 1 rings (SSSR count). The normalized spacial score (nSPS) is 21.5. The minimum atomic E-state index is -0.471. The van der Waals surface area contributed by atoms with Crippen molar-refractivity contribution in [3.63, 3.8) is 0 Å². The first-order valence-corrected chi connectivity index (χ1v) is 4.42. The monoisotopic (exact) mass is 189 g/mol. The molecule has 0 aliphatic carbocycles. The number of ether oxygens (including phenoxy) is 2. The average molecular weight is 189 g/mol. The van der Waals surface area contributed by atoms with E-state index in [2.05, 4.69) is 10.1 Å². The lowest BCUT2D eigenvalue weighted by Gasteiger charge is -2.09. The quantitative estimate of drug-likeness (QED) is 0.639. The third kappa shape index (κ3) is 4.10. The molecule has 2 N–H and O–H groups in total. The van der Waals surface area contributed by atoms with Crippen molar-refractivity contribution >= 4 is 6.09 Å². The van der Waals surface area contributed by atoms with Gasteiger partial charge in [-0.05, 0) is 6.42 Å². The van der Waals surface area contributed by atoms with Gasteiger partial charge in [0.25, 0.3) is 0 Å². The zero-order chi connectivity index (χ0) is 9.52. The molecule has 0 aromatic heterocycles.